The highest BCUT2D eigenvalue weighted by molar-refractivity contribution is 9.10. The molecule has 0 aliphatic carbocycles. The van der Waals surface area contributed by atoms with Gasteiger partial charge in [-0.15, -0.1) is 0 Å². The second-order valence-electron chi connectivity index (χ2n) is 10.3. The number of fused-ring (bicyclic) bond motifs is 2. The largest absolute Gasteiger partial charge is 0.488 e. The van der Waals surface area contributed by atoms with Gasteiger partial charge in [-0.2, -0.15) is 0 Å². The summed E-state index contributed by atoms with van der Waals surface area (Å²) < 4.78 is 33.9. The molecule has 0 bridgehead atoms. The Morgan fingerprint density at radius 2 is 2.03 bits per heavy atom. The number of hydrogen-bond donors (Lipinski definition) is 1. The molecule has 2 aromatic carbocycles. The molecule has 0 radical (unpaired) electrons. The van der Waals surface area contributed by atoms with E-state index in [0.717, 1.165) is 4.47 Å². The average Bonchev–Trinajstić information content (AvgIpc) is 2.89. The van der Waals surface area contributed by atoms with E-state index in [2.05, 4.69) is 36.2 Å². The predicted octanol–water partition coefficient (Wildman–Crippen LogP) is 6.23. The van der Waals surface area contributed by atoms with E-state index < -0.39 is 29.7 Å². The maximum absolute atomic E-state index is 15.4. The number of morpholine rings is 1. The van der Waals surface area contributed by atoms with Crippen LogP contribution in [-0.2, 0) is 9.47 Å². The number of nitrogens with one attached hydrogen (secondary N) is 1. The second kappa shape index (κ2) is 10.9. The van der Waals surface area contributed by atoms with Gasteiger partial charge in [-0.05, 0) is 64.1 Å². The van der Waals surface area contributed by atoms with Crippen LogP contribution < -0.4 is 10.1 Å². The minimum absolute atomic E-state index is 0.245. The van der Waals surface area contributed by atoms with Crippen molar-refractivity contribution in [3.63, 3.8) is 0 Å². The average molecular weight is 598 g/mol. The van der Waals surface area contributed by atoms with Crippen LogP contribution in [0.3, 0.4) is 0 Å². The SMILES string of the molecule is CC(Oc1cc(Br)cc2ncnc(Nc3ccc4ncccc4c3F)c12)C1COCCN1C(=O)OC(C)(C)C. The molecule has 2 atom stereocenters. The van der Waals surface area contributed by atoms with Gasteiger partial charge in [-0.3, -0.25) is 9.88 Å². The number of anilines is 2. The molecule has 204 valence electrons. The zero-order valence-electron chi connectivity index (χ0n) is 22.1. The molecule has 9 nitrogen and oxygen atoms in total. The van der Waals surface area contributed by atoms with E-state index in [1.807, 2.05) is 33.8 Å². The highest BCUT2D eigenvalue weighted by atomic mass is 79.9. The van der Waals surface area contributed by atoms with Crippen LogP contribution in [0.5, 0.6) is 5.75 Å². The minimum atomic E-state index is -0.628. The summed E-state index contributed by atoms with van der Waals surface area (Å²) in [7, 11) is 0. The van der Waals surface area contributed by atoms with E-state index in [9.17, 15) is 4.79 Å². The molecule has 1 fully saturated rings. The number of nitrogens with zero attached hydrogens (tertiary/aromatic N) is 4. The summed E-state index contributed by atoms with van der Waals surface area (Å²) >= 11 is 3.53. The third-order valence-corrected chi connectivity index (χ3v) is 6.75. The standard InChI is InChI=1S/C28H29BrFN5O4/c1-16(22-14-37-11-10-35(22)27(36)39-28(2,3)4)38-23-13-17(29)12-21-24(23)26(33-15-32-21)34-20-8-7-19-18(25(20)30)6-5-9-31-19/h5-9,12-13,15-16,22H,10-11,14H2,1-4H3,(H,32,33,34). The molecule has 2 unspecified atom stereocenters. The van der Waals surface area contributed by atoms with Gasteiger partial charge < -0.3 is 19.5 Å². The van der Waals surface area contributed by atoms with Gasteiger partial charge in [0.1, 0.15) is 29.6 Å². The molecule has 3 heterocycles. The number of carbonyl (C=O) groups is 1. The summed E-state index contributed by atoms with van der Waals surface area (Å²) in [5.41, 5.74) is 0.764. The number of aromatic nitrogens is 3. The third kappa shape index (κ3) is 5.89. The molecule has 11 heteroatoms. The van der Waals surface area contributed by atoms with Crippen molar-refractivity contribution < 1.29 is 23.4 Å². The molecule has 2 aromatic heterocycles. The molecule has 1 aliphatic heterocycles. The molecule has 0 saturated carbocycles. The van der Waals surface area contributed by atoms with Crippen molar-refractivity contribution in [3.05, 3.63) is 59.2 Å². The number of hydrogen-bond acceptors (Lipinski definition) is 8. The van der Waals surface area contributed by atoms with Crippen molar-refractivity contribution in [3.8, 4) is 5.75 Å². The first-order valence-corrected chi connectivity index (χ1v) is 13.4. The Labute approximate surface area is 233 Å². The van der Waals surface area contributed by atoms with Crippen LogP contribution in [0, 0.1) is 5.82 Å². The van der Waals surface area contributed by atoms with E-state index in [4.69, 9.17) is 14.2 Å². The van der Waals surface area contributed by atoms with Crippen molar-refractivity contribution in [2.45, 2.75) is 45.4 Å². The molecule has 5 rings (SSSR count). The maximum Gasteiger partial charge on any atom is 0.410 e. The highest BCUT2D eigenvalue weighted by Gasteiger charge is 2.35. The third-order valence-electron chi connectivity index (χ3n) is 6.29. The van der Waals surface area contributed by atoms with Crippen molar-refractivity contribution >= 4 is 55.3 Å². The highest BCUT2D eigenvalue weighted by Crippen LogP contribution is 2.37. The first kappa shape index (κ1) is 27.0. The minimum Gasteiger partial charge on any atom is -0.488 e. The Kier molecular flexibility index (Phi) is 7.55. The van der Waals surface area contributed by atoms with Crippen molar-refractivity contribution in [2.75, 3.05) is 25.1 Å². The second-order valence-corrected chi connectivity index (χ2v) is 11.2. The van der Waals surface area contributed by atoms with Crippen LogP contribution in [0.1, 0.15) is 27.7 Å². The van der Waals surface area contributed by atoms with Crippen LogP contribution in [0.2, 0.25) is 0 Å². The maximum atomic E-state index is 15.4. The first-order chi connectivity index (χ1) is 18.6. The molecule has 39 heavy (non-hydrogen) atoms. The van der Waals surface area contributed by atoms with E-state index in [1.54, 1.807) is 41.4 Å². The molecular formula is C28H29BrFN5O4. The fraction of sp³-hybridized carbons (Fsp3) is 0.357. The number of carbonyl (C=O) groups excluding carboxylic acids is 1. The number of pyridine rings is 1. The lowest BCUT2D eigenvalue weighted by molar-refractivity contribution is -0.0573. The van der Waals surface area contributed by atoms with Gasteiger partial charge in [-0.1, -0.05) is 15.9 Å². The topological polar surface area (TPSA) is 98.7 Å². The van der Waals surface area contributed by atoms with Crippen LogP contribution >= 0.6 is 15.9 Å². The smallest absolute Gasteiger partial charge is 0.410 e. The summed E-state index contributed by atoms with van der Waals surface area (Å²) in [5.74, 6) is 0.404. The number of rotatable bonds is 5. The fourth-order valence-corrected chi connectivity index (χ4v) is 4.91. The number of amides is 1. The van der Waals surface area contributed by atoms with E-state index in [1.165, 1.54) is 6.33 Å². The predicted molar refractivity (Wildman–Crippen MR) is 150 cm³/mol. The lowest BCUT2D eigenvalue weighted by Gasteiger charge is -2.39. The number of benzene rings is 2. The van der Waals surface area contributed by atoms with Gasteiger partial charge in [0, 0.05) is 22.6 Å². The van der Waals surface area contributed by atoms with E-state index in [0.29, 0.717) is 53.1 Å². The van der Waals surface area contributed by atoms with Crippen molar-refractivity contribution in [1.82, 2.24) is 19.9 Å². The molecule has 1 N–H and O–H groups in total. The molecule has 4 aromatic rings. The Morgan fingerprint density at radius 1 is 1.21 bits per heavy atom. The summed E-state index contributed by atoms with van der Waals surface area (Å²) in [6.45, 7) is 8.46. The van der Waals surface area contributed by atoms with Crippen LogP contribution in [-0.4, -0.2) is 63.5 Å². The fourth-order valence-electron chi connectivity index (χ4n) is 4.49. The Balaban J connectivity index is 1.48. The van der Waals surface area contributed by atoms with E-state index in [-0.39, 0.29) is 5.69 Å². The Hall–Kier alpha value is -3.57. The molecule has 1 amide bonds. The van der Waals surface area contributed by atoms with Gasteiger partial charge in [-0.25, -0.2) is 19.2 Å². The monoisotopic (exact) mass is 597 g/mol. The van der Waals surface area contributed by atoms with Crippen LogP contribution in [0.15, 0.2) is 53.4 Å². The van der Waals surface area contributed by atoms with Gasteiger partial charge in [0.15, 0.2) is 5.82 Å². The normalized spacial score (nSPS) is 16.8. The van der Waals surface area contributed by atoms with Gasteiger partial charge in [0.25, 0.3) is 0 Å². The molecule has 0 spiro atoms. The zero-order chi connectivity index (χ0) is 27.7. The lowest BCUT2D eigenvalue weighted by atomic mass is 10.1. The Morgan fingerprint density at radius 3 is 2.82 bits per heavy atom. The van der Waals surface area contributed by atoms with Gasteiger partial charge in [0.2, 0.25) is 0 Å². The van der Waals surface area contributed by atoms with Crippen LogP contribution in [0.25, 0.3) is 21.8 Å². The van der Waals surface area contributed by atoms with Crippen molar-refractivity contribution in [2.24, 2.45) is 0 Å². The first-order valence-electron chi connectivity index (χ1n) is 12.6. The summed E-state index contributed by atoms with van der Waals surface area (Å²) in [6, 6.07) is 9.97. The van der Waals surface area contributed by atoms with E-state index >= 15 is 4.39 Å². The summed E-state index contributed by atoms with van der Waals surface area (Å²) in [5, 5.41) is 4.08. The van der Waals surface area contributed by atoms with Crippen LogP contribution in [0.4, 0.5) is 20.7 Å². The molecule has 1 aliphatic rings. The summed E-state index contributed by atoms with van der Waals surface area (Å²) in [4.78, 5) is 27.6. The quantitative estimate of drug-likeness (QED) is 0.289. The van der Waals surface area contributed by atoms with Gasteiger partial charge >= 0.3 is 6.09 Å². The van der Waals surface area contributed by atoms with Gasteiger partial charge in [0.05, 0.1) is 41.4 Å². The number of halogens is 2. The van der Waals surface area contributed by atoms with Crippen molar-refractivity contribution in [1.29, 1.82) is 0 Å². The molecule has 1 saturated heterocycles. The lowest BCUT2D eigenvalue weighted by Crippen LogP contribution is -2.55. The Bertz CT molecular complexity index is 1530. The zero-order valence-corrected chi connectivity index (χ0v) is 23.7. The molecular weight excluding hydrogens is 569 g/mol. The number of ether oxygens (including phenoxy) is 3. The summed E-state index contributed by atoms with van der Waals surface area (Å²) in [6.07, 6.45) is 2.13.